The molecule has 1 saturated heterocycles. The second-order valence-electron chi connectivity index (χ2n) is 9.81. The highest BCUT2D eigenvalue weighted by atomic mass is 16.6. The molecule has 1 aliphatic heterocycles. The van der Waals surface area contributed by atoms with Gasteiger partial charge in [-0.25, -0.2) is 4.79 Å². The molecule has 6 heteroatoms. The molecule has 2 heterocycles. The highest BCUT2D eigenvalue weighted by Crippen LogP contribution is 2.28. The molecule has 0 radical (unpaired) electrons. The maximum atomic E-state index is 12.7. The predicted octanol–water partition coefficient (Wildman–Crippen LogP) is 5.65. The molecule has 2 unspecified atom stereocenters. The minimum Gasteiger partial charge on any atom is -0.489 e. The third kappa shape index (κ3) is 5.56. The number of carbonyl (C=O) groups excluding carboxylic acids is 1. The molecule has 1 aliphatic rings. The van der Waals surface area contributed by atoms with Crippen molar-refractivity contribution in [1.29, 1.82) is 0 Å². The van der Waals surface area contributed by atoms with Crippen LogP contribution in [0.3, 0.4) is 0 Å². The molecule has 1 amide bonds. The molecule has 6 nitrogen and oxygen atoms in total. The van der Waals surface area contributed by atoms with Crippen molar-refractivity contribution >= 4 is 22.7 Å². The van der Waals surface area contributed by atoms with Crippen LogP contribution >= 0.6 is 0 Å². The zero-order valence-electron chi connectivity index (χ0n) is 20.1. The van der Waals surface area contributed by atoms with E-state index in [9.17, 15) is 4.79 Å². The third-order valence-electron chi connectivity index (χ3n) is 5.78. The molecule has 33 heavy (non-hydrogen) atoms. The molecule has 0 N–H and O–H groups in total. The molecule has 3 aromatic rings. The Morgan fingerprint density at radius 3 is 2.39 bits per heavy atom. The van der Waals surface area contributed by atoms with Crippen LogP contribution in [0, 0.1) is 0 Å². The number of hydrogen-bond donors (Lipinski definition) is 0. The van der Waals surface area contributed by atoms with Crippen molar-refractivity contribution in [3.8, 4) is 5.75 Å². The van der Waals surface area contributed by atoms with Crippen LogP contribution in [-0.2, 0) is 11.3 Å². The number of piperazine rings is 1. The zero-order chi connectivity index (χ0) is 23.6. The minimum absolute atomic E-state index is 0.0276. The average Bonchev–Trinajstić information content (AvgIpc) is 2.76. The Morgan fingerprint density at radius 2 is 1.73 bits per heavy atom. The maximum absolute atomic E-state index is 12.7. The minimum atomic E-state index is -0.504. The van der Waals surface area contributed by atoms with Gasteiger partial charge in [-0.2, -0.15) is 0 Å². The average molecular weight is 448 g/mol. The number of rotatable bonds is 4. The lowest BCUT2D eigenvalue weighted by Crippen LogP contribution is -2.59. The number of pyridine rings is 1. The van der Waals surface area contributed by atoms with E-state index in [0.29, 0.717) is 6.61 Å². The molecule has 0 saturated carbocycles. The van der Waals surface area contributed by atoms with Gasteiger partial charge in [0.25, 0.3) is 0 Å². The fourth-order valence-electron chi connectivity index (χ4n) is 4.31. The lowest BCUT2D eigenvalue weighted by Gasteiger charge is -2.45. The predicted molar refractivity (Wildman–Crippen MR) is 132 cm³/mol. The van der Waals surface area contributed by atoms with Crippen LogP contribution in [0.15, 0.2) is 60.8 Å². The molecule has 0 spiro atoms. The summed E-state index contributed by atoms with van der Waals surface area (Å²) in [4.78, 5) is 21.5. The van der Waals surface area contributed by atoms with Crippen molar-refractivity contribution in [1.82, 2.24) is 9.88 Å². The summed E-state index contributed by atoms with van der Waals surface area (Å²) < 4.78 is 11.6. The Bertz CT molecular complexity index is 1100. The van der Waals surface area contributed by atoms with Crippen LogP contribution in [0.1, 0.15) is 40.2 Å². The number of benzene rings is 2. The van der Waals surface area contributed by atoms with Crippen molar-refractivity contribution in [2.24, 2.45) is 0 Å². The molecule has 2 aromatic carbocycles. The van der Waals surface area contributed by atoms with E-state index in [4.69, 9.17) is 9.47 Å². The quantitative estimate of drug-likeness (QED) is 0.517. The summed E-state index contributed by atoms with van der Waals surface area (Å²) in [6.45, 7) is 11.8. The normalized spacial score (nSPS) is 18.9. The lowest BCUT2D eigenvalue weighted by atomic mass is 10.1. The molecule has 1 fully saturated rings. The monoisotopic (exact) mass is 447 g/mol. The Morgan fingerprint density at radius 1 is 1.03 bits per heavy atom. The van der Waals surface area contributed by atoms with Crippen LogP contribution in [0.2, 0.25) is 0 Å². The van der Waals surface area contributed by atoms with Gasteiger partial charge < -0.3 is 14.4 Å². The van der Waals surface area contributed by atoms with Gasteiger partial charge in [0.2, 0.25) is 0 Å². The molecule has 0 aliphatic carbocycles. The third-order valence-corrected chi connectivity index (χ3v) is 5.78. The second kappa shape index (κ2) is 9.30. The van der Waals surface area contributed by atoms with E-state index in [1.807, 2.05) is 68.3 Å². The van der Waals surface area contributed by atoms with Gasteiger partial charge in [-0.05, 0) is 64.4 Å². The summed E-state index contributed by atoms with van der Waals surface area (Å²) in [7, 11) is 0. The van der Waals surface area contributed by atoms with Crippen LogP contribution in [-0.4, -0.2) is 46.8 Å². The Labute approximate surface area is 196 Å². The van der Waals surface area contributed by atoms with E-state index in [2.05, 4.69) is 41.9 Å². The maximum Gasteiger partial charge on any atom is 0.410 e. The first kappa shape index (κ1) is 22.9. The van der Waals surface area contributed by atoms with Gasteiger partial charge in [0, 0.05) is 18.5 Å². The number of aromatic nitrogens is 1. The number of amides is 1. The Hall–Kier alpha value is -3.28. The topological polar surface area (TPSA) is 54.9 Å². The van der Waals surface area contributed by atoms with Crippen molar-refractivity contribution in [2.75, 3.05) is 18.0 Å². The van der Waals surface area contributed by atoms with Crippen LogP contribution < -0.4 is 9.64 Å². The zero-order valence-corrected chi connectivity index (χ0v) is 20.1. The molecule has 2 atom stereocenters. The summed E-state index contributed by atoms with van der Waals surface area (Å²) >= 11 is 0. The van der Waals surface area contributed by atoms with Crippen molar-refractivity contribution in [3.05, 3.63) is 66.4 Å². The first-order chi connectivity index (χ1) is 15.7. The Kier molecular flexibility index (Phi) is 6.45. The molecular weight excluding hydrogens is 414 g/mol. The number of anilines is 1. The number of ether oxygens (including phenoxy) is 2. The summed E-state index contributed by atoms with van der Waals surface area (Å²) in [6.07, 6.45) is 1.66. The fourth-order valence-corrected chi connectivity index (χ4v) is 4.31. The molecular formula is C27H33N3O3. The van der Waals surface area contributed by atoms with Gasteiger partial charge in [-0.3, -0.25) is 9.88 Å². The number of hydrogen-bond acceptors (Lipinski definition) is 5. The summed E-state index contributed by atoms with van der Waals surface area (Å²) in [6, 6.07) is 18.3. The van der Waals surface area contributed by atoms with Crippen LogP contribution in [0.4, 0.5) is 10.5 Å². The van der Waals surface area contributed by atoms with Gasteiger partial charge in [0.15, 0.2) is 0 Å². The smallest absolute Gasteiger partial charge is 0.410 e. The van der Waals surface area contributed by atoms with Crippen molar-refractivity contribution < 1.29 is 14.3 Å². The standard InChI is InChI=1S/C27H33N3O3/c1-19-16-29(17-20(2)30(19)26(31)33-27(3,4)5)23-13-22-14-24(11-12-25(22)28-15-23)32-18-21-9-7-6-8-10-21/h6-15,19-20H,16-18H2,1-5H3. The summed E-state index contributed by atoms with van der Waals surface area (Å²) in [5.74, 6) is 0.821. The van der Waals surface area contributed by atoms with E-state index >= 15 is 0 Å². The first-order valence-electron chi connectivity index (χ1n) is 11.5. The number of nitrogens with zero attached hydrogens (tertiary/aromatic N) is 3. The largest absolute Gasteiger partial charge is 0.489 e. The fraction of sp³-hybridized carbons (Fsp3) is 0.407. The highest BCUT2D eigenvalue weighted by Gasteiger charge is 2.35. The van der Waals surface area contributed by atoms with E-state index in [1.165, 1.54) is 0 Å². The van der Waals surface area contributed by atoms with Gasteiger partial charge in [-0.1, -0.05) is 30.3 Å². The molecule has 4 rings (SSSR count). The molecule has 1 aromatic heterocycles. The van der Waals surface area contributed by atoms with Crippen molar-refractivity contribution in [3.63, 3.8) is 0 Å². The number of fused-ring (bicyclic) bond motifs is 1. The number of carbonyl (C=O) groups is 1. The van der Waals surface area contributed by atoms with Gasteiger partial charge >= 0.3 is 6.09 Å². The van der Waals surface area contributed by atoms with Crippen molar-refractivity contribution in [2.45, 2.75) is 58.9 Å². The van der Waals surface area contributed by atoms with Gasteiger partial charge in [0.1, 0.15) is 18.0 Å². The molecule has 174 valence electrons. The lowest BCUT2D eigenvalue weighted by molar-refractivity contribution is 0.00566. The van der Waals surface area contributed by atoms with E-state index in [0.717, 1.165) is 41.0 Å². The van der Waals surface area contributed by atoms with Crippen LogP contribution in [0.25, 0.3) is 10.9 Å². The Balaban J connectivity index is 1.48. The SMILES string of the molecule is CC1CN(c2cnc3ccc(OCc4ccccc4)cc3c2)CC(C)N1C(=O)OC(C)(C)C. The van der Waals surface area contributed by atoms with Crippen LogP contribution in [0.5, 0.6) is 5.75 Å². The highest BCUT2D eigenvalue weighted by molar-refractivity contribution is 5.83. The van der Waals surface area contributed by atoms with Gasteiger partial charge in [0.05, 0.1) is 29.5 Å². The summed E-state index contributed by atoms with van der Waals surface area (Å²) in [5, 5.41) is 1.04. The van der Waals surface area contributed by atoms with E-state index in [1.54, 1.807) is 0 Å². The second-order valence-corrected chi connectivity index (χ2v) is 9.81. The van der Waals surface area contributed by atoms with E-state index < -0.39 is 5.60 Å². The van der Waals surface area contributed by atoms with Gasteiger partial charge in [-0.15, -0.1) is 0 Å². The van der Waals surface area contributed by atoms with E-state index in [-0.39, 0.29) is 18.2 Å². The first-order valence-corrected chi connectivity index (χ1v) is 11.5. The molecule has 0 bridgehead atoms. The summed E-state index contributed by atoms with van der Waals surface area (Å²) in [5.41, 5.74) is 2.61.